The third-order valence-electron chi connectivity index (χ3n) is 6.85. The van der Waals surface area contributed by atoms with Gasteiger partial charge in [0.05, 0.1) is 11.6 Å². The molecule has 2 heterocycles. The number of hydrogen-bond donors (Lipinski definition) is 1. The van der Waals surface area contributed by atoms with E-state index in [1.165, 1.54) is 0 Å². The van der Waals surface area contributed by atoms with Crippen LogP contribution in [0.25, 0.3) is 5.76 Å². The molecule has 2 aliphatic heterocycles. The molecule has 0 unspecified atom stereocenters. The standard InChI is InChI=1S/C28H35N3O5/c1-5-30(6-2)14-7-15-31-25(19-8-11-21(12-9-19)29(3)4)24(27(33)28(31)34)26(32)20-10-13-22-23(18-20)36-17-16-35-22/h8-13,18,25,32H,5-7,14-17H2,1-4H3/t25-/m0/s1. The van der Waals surface area contributed by atoms with Gasteiger partial charge in [0.15, 0.2) is 11.5 Å². The number of aliphatic hydroxyl groups is 1. The maximum Gasteiger partial charge on any atom is 0.295 e. The van der Waals surface area contributed by atoms with E-state index in [1.54, 1.807) is 23.1 Å². The van der Waals surface area contributed by atoms with E-state index in [0.29, 0.717) is 36.8 Å². The highest BCUT2D eigenvalue weighted by Crippen LogP contribution is 2.41. The molecule has 1 amide bonds. The Hall–Kier alpha value is -3.52. The maximum atomic E-state index is 13.3. The van der Waals surface area contributed by atoms with E-state index in [2.05, 4.69) is 18.7 Å². The molecule has 8 nitrogen and oxygen atoms in total. The summed E-state index contributed by atoms with van der Waals surface area (Å²) in [4.78, 5) is 32.4. The van der Waals surface area contributed by atoms with E-state index >= 15 is 0 Å². The number of aliphatic hydroxyl groups excluding tert-OH is 1. The highest BCUT2D eigenvalue weighted by atomic mass is 16.6. The SMILES string of the molecule is CCN(CC)CCCN1C(=O)C(=O)C(=C(O)c2ccc3c(c2)OCCO3)[C@@H]1c1ccc(N(C)C)cc1. The highest BCUT2D eigenvalue weighted by molar-refractivity contribution is 6.46. The van der Waals surface area contributed by atoms with Crippen molar-refractivity contribution in [3.8, 4) is 11.5 Å². The number of carbonyl (C=O) groups excluding carboxylic acids is 2. The maximum absolute atomic E-state index is 13.3. The van der Waals surface area contributed by atoms with Crippen molar-refractivity contribution < 1.29 is 24.2 Å². The van der Waals surface area contributed by atoms with Gasteiger partial charge in [-0.05, 0) is 62.0 Å². The monoisotopic (exact) mass is 493 g/mol. The molecule has 2 aromatic carbocycles. The number of Topliss-reactive ketones (excluding diaryl/α,β-unsaturated/α-hetero) is 1. The molecule has 1 fully saturated rings. The average Bonchev–Trinajstić information content (AvgIpc) is 3.15. The summed E-state index contributed by atoms with van der Waals surface area (Å²) in [6.45, 7) is 8.17. The summed E-state index contributed by atoms with van der Waals surface area (Å²) >= 11 is 0. The summed E-state index contributed by atoms with van der Waals surface area (Å²) in [6.07, 6.45) is 0.727. The van der Waals surface area contributed by atoms with Crippen LogP contribution in [0.5, 0.6) is 11.5 Å². The zero-order valence-corrected chi connectivity index (χ0v) is 21.5. The average molecular weight is 494 g/mol. The molecular weight excluding hydrogens is 458 g/mol. The lowest BCUT2D eigenvalue weighted by Crippen LogP contribution is -2.33. The molecule has 1 saturated heterocycles. The fourth-order valence-electron chi connectivity index (χ4n) is 4.76. The Kier molecular flexibility index (Phi) is 7.84. The van der Waals surface area contributed by atoms with Crippen molar-refractivity contribution in [1.29, 1.82) is 0 Å². The predicted octanol–water partition coefficient (Wildman–Crippen LogP) is 3.68. The Bertz CT molecular complexity index is 1140. The lowest BCUT2D eigenvalue weighted by molar-refractivity contribution is -0.140. The lowest BCUT2D eigenvalue weighted by atomic mass is 9.95. The van der Waals surface area contributed by atoms with Crippen LogP contribution in [0, 0.1) is 0 Å². The molecule has 0 saturated carbocycles. The van der Waals surface area contributed by atoms with Crippen molar-refractivity contribution in [2.45, 2.75) is 26.3 Å². The summed E-state index contributed by atoms with van der Waals surface area (Å²) < 4.78 is 11.2. The molecular formula is C28H35N3O5. The van der Waals surface area contributed by atoms with Gasteiger partial charge in [-0.1, -0.05) is 26.0 Å². The Balaban J connectivity index is 1.74. The minimum absolute atomic E-state index is 0.0946. The number of likely N-dealkylation sites (tertiary alicyclic amines) is 1. The lowest BCUT2D eigenvalue weighted by Gasteiger charge is -2.27. The highest BCUT2D eigenvalue weighted by Gasteiger charge is 2.45. The van der Waals surface area contributed by atoms with Gasteiger partial charge >= 0.3 is 0 Å². The van der Waals surface area contributed by atoms with Gasteiger partial charge in [0.25, 0.3) is 11.7 Å². The molecule has 0 spiro atoms. The smallest absolute Gasteiger partial charge is 0.295 e. The summed E-state index contributed by atoms with van der Waals surface area (Å²) in [5.74, 6) is -0.378. The van der Waals surface area contributed by atoms with Gasteiger partial charge in [0.1, 0.15) is 19.0 Å². The summed E-state index contributed by atoms with van der Waals surface area (Å²) in [7, 11) is 3.91. The Morgan fingerprint density at radius 1 is 1.00 bits per heavy atom. The summed E-state index contributed by atoms with van der Waals surface area (Å²) in [5.41, 5.74) is 2.29. The topological polar surface area (TPSA) is 82.6 Å². The van der Waals surface area contributed by atoms with Gasteiger partial charge in [0.2, 0.25) is 0 Å². The third-order valence-corrected chi connectivity index (χ3v) is 6.85. The van der Waals surface area contributed by atoms with Crippen molar-refractivity contribution in [3.63, 3.8) is 0 Å². The van der Waals surface area contributed by atoms with Crippen LogP contribution in [0.2, 0.25) is 0 Å². The first kappa shape index (κ1) is 25.6. The number of ether oxygens (including phenoxy) is 2. The van der Waals surface area contributed by atoms with Crippen LogP contribution in [-0.4, -0.2) is 80.1 Å². The summed E-state index contributed by atoms with van der Waals surface area (Å²) in [6, 6.07) is 12.1. The molecule has 0 radical (unpaired) electrons. The quantitative estimate of drug-likeness (QED) is 0.324. The van der Waals surface area contributed by atoms with Gasteiger partial charge < -0.3 is 29.3 Å². The molecule has 0 bridgehead atoms. The van der Waals surface area contributed by atoms with Crippen LogP contribution >= 0.6 is 0 Å². The second-order valence-electron chi connectivity index (χ2n) is 9.22. The van der Waals surface area contributed by atoms with E-state index in [9.17, 15) is 14.7 Å². The number of anilines is 1. The second-order valence-corrected chi connectivity index (χ2v) is 9.22. The van der Waals surface area contributed by atoms with E-state index < -0.39 is 17.7 Å². The predicted molar refractivity (Wildman–Crippen MR) is 140 cm³/mol. The van der Waals surface area contributed by atoms with Crippen LogP contribution in [0.3, 0.4) is 0 Å². The van der Waals surface area contributed by atoms with Gasteiger partial charge in [-0.25, -0.2) is 0 Å². The van der Waals surface area contributed by atoms with Crippen molar-refractivity contribution in [3.05, 3.63) is 59.2 Å². The van der Waals surface area contributed by atoms with Crippen molar-refractivity contribution in [1.82, 2.24) is 9.80 Å². The van der Waals surface area contributed by atoms with Gasteiger partial charge in [-0.3, -0.25) is 9.59 Å². The zero-order valence-electron chi connectivity index (χ0n) is 21.5. The first-order valence-corrected chi connectivity index (χ1v) is 12.5. The van der Waals surface area contributed by atoms with Crippen molar-refractivity contribution in [2.24, 2.45) is 0 Å². The summed E-state index contributed by atoms with van der Waals surface area (Å²) in [5, 5.41) is 11.4. The van der Waals surface area contributed by atoms with Crippen LogP contribution in [0.1, 0.15) is 37.4 Å². The first-order valence-electron chi connectivity index (χ1n) is 12.5. The van der Waals surface area contributed by atoms with E-state index in [1.807, 2.05) is 43.3 Å². The van der Waals surface area contributed by atoms with Gasteiger partial charge in [0, 0.05) is 31.9 Å². The van der Waals surface area contributed by atoms with Crippen molar-refractivity contribution >= 4 is 23.1 Å². The van der Waals surface area contributed by atoms with Gasteiger partial charge in [-0.2, -0.15) is 0 Å². The second kappa shape index (κ2) is 11.0. The van der Waals surface area contributed by atoms with Crippen LogP contribution in [0.4, 0.5) is 5.69 Å². The fourth-order valence-corrected chi connectivity index (χ4v) is 4.76. The number of benzene rings is 2. The largest absolute Gasteiger partial charge is 0.507 e. The molecule has 2 aliphatic rings. The van der Waals surface area contributed by atoms with E-state index in [0.717, 1.165) is 37.3 Å². The zero-order chi connectivity index (χ0) is 25.8. The molecule has 2 aromatic rings. The molecule has 0 aromatic heterocycles. The van der Waals surface area contributed by atoms with Crippen LogP contribution < -0.4 is 14.4 Å². The molecule has 4 rings (SSSR count). The Morgan fingerprint density at radius 3 is 2.31 bits per heavy atom. The van der Waals surface area contributed by atoms with Crippen molar-refractivity contribution in [2.75, 3.05) is 58.4 Å². The Labute approximate surface area is 212 Å². The number of nitrogens with zero attached hydrogens (tertiary/aromatic N) is 3. The molecule has 192 valence electrons. The fraction of sp³-hybridized carbons (Fsp3) is 0.429. The molecule has 8 heteroatoms. The number of amides is 1. The van der Waals surface area contributed by atoms with E-state index in [4.69, 9.17) is 9.47 Å². The van der Waals surface area contributed by atoms with Gasteiger partial charge in [-0.15, -0.1) is 0 Å². The van der Waals surface area contributed by atoms with E-state index in [-0.39, 0.29) is 11.3 Å². The molecule has 36 heavy (non-hydrogen) atoms. The van der Waals surface area contributed by atoms with Crippen LogP contribution in [0.15, 0.2) is 48.0 Å². The molecule has 1 N–H and O–H groups in total. The molecule has 0 aliphatic carbocycles. The normalized spacial score (nSPS) is 18.7. The minimum Gasteiger partial charge on any atom is -0.507 e. The first-order chi connectivity index (χ1) is 17.3. The number of rotatable bonds is 9. The number of ketones is 1. The third kappa shape index (κ3) is 5.04. The number of hydrogen-bond acceptors (Lipinski definition) is 7. The molecule has 1 atom stereocenters. The Morgan fingerprint density at radius 2 is 1.67 bits per heavy atom. The minimum atomic E-state index is -0.675. The number of carbonyl (C=O) groups is 2. The number of fused-ring (bicyclic) bond motifs is 1. The van der Waals surface area contributed by atoms with Crippen LogP contribution in [-0.2, 0) is 9.59 Å².